The van der Waals surface area contributed by atoms with Crippen molar-refractivity contribution in [3.05, 3.63) is 55.0 Å². The molecule has 1 heterocycles. The van der Waals surface area contributed by atoms with Gasteiger partial charge in [-0.05, 0) is 25.1 Å². The summed E-state index contributed by atoms with van der Waals surface area (Å²) in [6.07, 6.45) is 8.61. The van der Waals surface area contributed by atoms with Crippen molar-refractivity contribution >= 4 is 16.7 Å². The Balaban J connectivity index is 0.00000116. The van der Waals surface area contributed by atoms with Crippen molar-refractivity contribution in [3.63, 3.8) is 0 Å². The van der Waals surface area contributed by atoms with Gasteiger partial charge in [-0.15, -0.1) is 0 Å². The number of benzene rings is 1. The van der Waals surface area contributed by atoms with Crippen LogP contribution in [0.2, 0.25) is 0 Å². The Bertz CT molecular complexity index is 706. The van der Waals surface area contributed by atoms with Gasteiger partial charge in [0.15, 0.2) is 11.5 Å². The van der Waals surface area contributed by atoms with E-state index in [4.69, 9.17) is 0 Å². The summed E-state index contributed by atoms with van der Waals surface area (Å²) in [6.45, 7) is 9.56. The van der Waals surface area contributed by atoms with Crippen LogP contribution in [0.1, 0.15) is 20.8 Å². The minimum Gasteiger partial charge on any atom is -0.504 e. The topological polar surface area (TPSA) is 78.3 Å². The lowest BCUT2D eigenvalue weighted by atomic mass is 10.2. The number of phenolic OH excluding ortho intramolecular Hbond substituents is 2. The number of nitrogens with zero attached hydrogens (tertiary/aromatic N) is 2. The van der Waals surface area contributed by atoms with Crippen LogP contribution in [0.25, 0.3) is 10.9 Å². The summed E-state index contributed by atoms with van der Waals surface area (Å²) in [5.41, 5.74) is 1.34. The number of hydrogen-bond donors (Lipinski definition) is 3. The fourth-order valence-electron chi connectivity index (χ4n) is 1.76. The van der Waals surface area contributed by atoms with E-state index in [2.05, 4.69) is 21.9 Å². The molecule has 116 valence electrons. The van der Waals surface area contributed by atoms with Crippen LogP contribution in [-0.2, 0) is 0 Å². The molecule has 0 saturated heterocycles. The van der Waals surface area contributed by atoms with Crippen LogP contribution >= 0.6 is 0 Å². The Morgan fingerprint density at radius 1 is 1.18 bits per heavy atom. The number of hydrogen-bond acceptors (Lipinski definition) is 5. The van der Waals surface area contributed by atoms with Crippen molar-refractivity contribution in [1.82, 2.24) is 9.97 Å². The summed E-state index contributed by atoms with van der Waals surface area (Å²) in [6, 6.07) is 2.82. The molecule has 0 amide bonds. The van der Waals surface area contributed by atoms with Gasteiger partial charge in [0.05, 0.1) is 5.52 Å². The maximum absolute atomic E-state index is 9.60. The second kappa shape index (κ2) is 8.46. The zero-order valence-corrected chi connectivity index (χ0v) is 13.0. The van der Waals surface area contributed by atoms with Crippen molar-refractivity contribution in [2.75, 3.05) is 5.32 Å². The number of rotatable bonds is 4. The van der Waals surface area contributed by atoms with Crippen LogP contribution in [0.15, 0.2) is 55.0 Å². The number of nitrogens with one attached hydrogen (secondary N) is 1. The molecule has 0 aliphatic heterocycles. The zero-order chi connectivity index (χ0) is 16.5. The van der Waals surface area contributed by atoms with Crippen LogP contribution < -0.4 is 5.32 Å². The largest absolute Gasteiger partial charge is 0.504 e. The van der Waals surface area contributed by atoms with Gasteiger partial charge in [0.1, 0.15) is 12.1 Å². The molecule has 3 N–H and O–H groups in total. The molecule has 0 bridgehead atoms. The number of fused-ring (bicyclic) bond motifs is 1. The monoisotopic (exact) mass is 299 g/mol. The highest BCUT2D eigenvalue weighted by Gasteiger charge is 2.08. The van der Waals surface area contributed by atoms with Crippen LogP contribution in [-0.4, -0.2) is 20.2 Å². The second-order valence-electron chi connectivity index (χ2n) is 4.06. The van der Waals surface area contributed by atoms with E-state index in [1.807, 2.05) is 32.9 Å². The van der Waals surface area contributed by atoms with Gasteiger partial charge in [-0.3, -0.25) is 0 Å². The molecular formula is C17H21N3O2. The van der Waals surface area contributed by atoms with E-state index in [9.17, 15) is 10.2 Å². The van der Waals surface area contributed by atoms with Gasteiger partial charge < -0.3 is 15.5 Å². The molecule has 0 radical (unpaired) electrons. The second-order valence-corrected chi connectivity index (χ2v) is 4.06. The minimum atomic E-state index is -0.212. The first-order valence-electron chi connectivity index (χ1n) is 7.05. The maximum Gasteiger partial charge on any atom is 0.159 e. The van der Waals surface area contributed by atoms with E-state index in [-0.39, 0.29) is 11.5 Å². The average Bonchev–Trinajstić information content (AvgIpc) is 2.52. The molecule has 5 heteroatoms. The number of aromatic nitrogens is 2. The predicted molar refractivity (Wildman–Crippen MR) is 90.9 cm³/mol. The van der Waals surface area contributed by atoms with E-state index in [0.717, 1.165) is 5.70 Å². The third-order valence-corrected chi connectivity index (χ3v) is 2.64. The molecule has 0 fully saturated rings. The fourth-order valence-corrected chi connectivity index (χ4v) is 1.76. The van der Waals surface area contributed by atoms with E-state index >= 15 is 0 Å². The highest BCUT2D eigenvalue weighted by atomic mass is 16.3. The molecule has 0 spiro atoms. The number of anilines is 1. The molecular weight excluding hydrogens is 278 g/mol. The Morgan fingerprint density at radius 3 is 2.50 bits per heavy atom. The quantitative estimate of drug-likeness (QED) is 0.584. The Labute approximate surface area is 130 Å². The van der Waals surface area contributed by atoms with Crippen molar-refractivity contribution < 1.29 is 10.2 Å². The number of aromatic hydroxyl groups is 2. The fraction of sp³-hybridized carbons (Fsp3) is 0.176. The van der Waals surface area contributed by atoms with Crippen LogP contribution in [0.5, 0.6) is 11.5 Å². The molecule has 0 saturated carbocycles. The summed E-state index contributed by atoms with van der Waals surface area (Å²) >= 11 is 0. The summed E-state index contributed by atoms with van der Waals surface area (Å²) in [5.74, 6) is 0.115. The smallest absolute Gasteiger partial charge is 0.159 e. The van der Waals surface area contributed by atoms with Crippen LogP contribution in [0, 0.1) is 0 Å². The highest BCUT2D eigenvalue weighted by molar-refractivity contribution is 5.92. The Morgan fingerprint density at radius 2 is 1.86 bits per heavy atom. The van der Waals surface area contributed by atoms with E-state index < -0.39 is 0 Å². The SMILES string of the molecule is C=C/C=C(\C=C/C)Nc1ncnc2cc(O)c(O)cc12.CC. The number of phenols is 2. The first kappa shape index (κ1) is 17.2. The zero-order valence-electron chi connectivity index (χ0n) is 13.0. The lowest BCUT2D eigenvalue weighted by Gasteiger charge is -2.09. The summed E-state index contributed by atoms with van der Waals surface area (Å²) in [5, 5.41) is 22.8. The van der Waals surface area contributed by atoms with Gasteiger partial charge in [-0.25, -0.2) is 9.97 Å². The Kier molecular flexibility index (Phi) is 6.63. The third kappa shape index (κ3) is 4.09. The molecule has 22 heavy (non-hydrogen) atoms. The van der Waals surface area contributed by atoms with Crippen molar-refractivity contribution in [2.45, 2.75) is 20.8 Å². The average molecular weight is 299 g/mol. The van der Waals surface area contributed by atoms with E-state index in [1.54, 1.807) is 12.2 Å². The maximum atomic E-state index is 9.60. The predicted octanol–water partition coefficient (Wildman–Crippen LogP) is 4.13. The van der Waals surface area contributed by atoms with Crippen molar-refractivity contribution in [3.8, 4) is 11.5 Å². The lowest BCUT2D eigenvalue weighted by Crippen LogP contribution is -2.00. The lowest BCUT2D eigenvalue weighted by molar-refractivity contribution is 0.405. The molecule has 1 aromatic carbocycles. The minimum absolute atomic E-state index is 0.211. The molecule has 5 nitrogen and oxygen atoms in total. The molecule has 0 aliphatic carbocycles. The van der Waals surface area contributed by atoms with Gasteiger partial charge in [0.25, 0.3) is 0 Å². The standard InChI is InChI=1S/C15H15N3O2.C2H6/c1-3-5-10(6-4-2)18-15-11-7-13(19)14(20)8-12(11)16-9-17-15;1-2/h3-9,19-20H,1H2,2H3,(H,16,17,18);1-2H3/b6-4-,10-5+;. The summed E-state index contributed by atoms with van der Waals surface area (Å²) in [7, 11) is 0. The molecule has 0 unspecified atom stereocenters. The number of allylic oxidation sites excluding steroid dienone is 4. The van der Waals surface area contributed by atoms with E-state index in [1.165, 1.54) is 18.5 Å². The normalized spacial score (nSPS) is 11.1. The summed E-state index contributed by atoms with van der Waals surface area (Å²) in [4.78, 5) is 8.22. The van der Waals surface area contributed by atoms with Gasteiger partial charge in [0, 0.05) is 17.1 Å². The van der Waals surface area contributed by atoms with Crippen molar-refractivity contribution in [1.29, 1.82) is 0 Å². The van der Waals surface area contributed by atoms with Crippen LogP contribution in [0.4, 0.5) is 5.82 Å². The van der Waals surface area contributed by atoms with Gasteiger partial charge >= 0.3 is 0 Å². The van der Waals surface area contributed by atoms with Crippen molar-refractivity contribution in [2.24, 2.45) is 0 Å². The third-order valence-electron chi connectivity index (χ3n) is 2.64. The molecule has 0 atom stereocenters. The first-order chi connectivity index (χ1) is 10.7. The highest BCUT2D eigenvalue weighted by Crippen LogP contribution is 2.32. The van der Waals surface area contributed by atoms with Gasteiger partial charge in [-0.1, -0.05) is 32.6 Å². The molecule has 2 aromatic rings. The molecule has 0 aliphatic rings. The molecule has 2 rings (SSSR count). The van der Waals surface area contributed by atoms with Gasteiger partial charge in [-0.2, -0.15) is 0 Å². The molecule has 1 aromatic heterocycles. The first-order valence-corrected chi connectivity index (χ1v) is 7.05. The van der Waals surface area contributed by atoms with Gasteiger partial charge in [0.2, 0.25) is 0 Å². The van der Waals surface area contributed by atoms with Crippen LogP contribution in [0.3, 0.4) is 0 Å². The van der Waals surface area contributed by atoms with E-state index in [0.29, 0.717) is 16.7 Å². The summed E-state index contributed by atoms with van der Waals surface area (Å²) < 4.78 is 0. The Hall–Kier alpha value is -2.82.